The van der Waals surface area contributed by atoms with Gasteiger partial charge in [0.2, 0.25) is 0 Å². The Bertz CT molecular complexity index is 698. The molecule has 1 fully saturated rings. The van der Waals surface area contributed by atoms with Gasteiger partial charge in [0.25, 0.3) is 0 Å². The van der Waals surface area contributed by atoms with Crippen LogP contribution in [0.25, 0.3) is 0 Å². The summed E-state index contributed by atoms with van der Waals surface area (Å²) in [5.41, 5.74) is 4.28. The lowest BCUT2D eigenvalue weighted by molar-refractivity contribution is 0.0845. The summed E-state index contributed by atoms with van der Waals surface area (Å²) in [5, 5.41) is 3.56. The van der Waals surface area contributed by atoms with E-state index in [1.807, 2.05) is 12.4 Å². The van der Waals surface area contributed by atoms with Crippen molar-refractivity contribution in [1.82, 2.24) is 19.4 Å². The van der Waals surface area contributed by atoms with E-state index in [-0.39, 0.29) is 12.4 Å². The predicted octanol–water partition coefficient (Wildman–Crippen LogP) is 2.30. The molecule has 1 atom stereocenters. The first-order valence-electron chi connectivity index (χ1n) is 8.47. The minimum Gasteiger partial charge on any atom is -0.384 e. The molecule has 0 amide bonds. The van der Waals surface area contributed by atoms with Crippen molar-refractivity contribution in [3.8, 4) is 0 Å². The molecule has 24 heavy (non-hydrogen) atoms. The normalized spacial score (nSPS) is 21.2. The number of imidazole rings is 1. The molecular formula is C18H26ClN5. The van der Waals surface area contributed by atoms with Gasteiger partial charge in [-0.05, 0) is 24.6 Å². The zero-order valence-corrected chi connectivity index (χ0v) is 15.2. The van der Waals surface area contributed by atoms with E-state index in [9.17, 15) is 0 Å². The van der Waals surface area contributed by atoms with Gasteiger partial charge in [-0.15, -0.1) is 12.4 Å². The Kier molecular flexibility index (Phi) is 5.13. The van der Waals surface area contributed by atoms with Crippen LogP contribution in [-0.2, 0) is 20.0 Å². The van der Waals surface area contributed by atoms with Gasteiger partial charge in [0.1, 0.15) is 5.82 Å². The van der Waals surface area contributed by atoms with Gasteiger partial charge in [0.15, 0.2) is 0 Å². The third-order valence-electron chi connectivity index (χ3n) is 5.22. The summed E-state index contributed by atoms with van der Waals surface area (Å²) in [6, 6.07) is 7.09. The predicted molar refractivity (Wildman–Crippen MR) is 99.7 cm³/mol. The van der Waals surface area contributed by atoms with Crippen molar-refractivity contribution in [1.29, 1.82) is 0 Å². The molecule has 1 saturated heterocycles. The highest BCUT2D eigenvalue weighted by atomic mass is 35.5. The number of aryl methyl sites for hydroxylation is 1. The van der Waals surface area contributed by atoms with Crippen LogP contribution in [0.2, 0.25) is 0 Å². The second-order valence-corrected chi connectivity index (χ2v) is 6.76. The summed E-state index contributed by atoms with van der Waals surface area (Å²) in [7, 11) is 4.29. The quantitative estimate of drug-likeness (QED) is 0.924. The minimum atomic E-state index is 0. The Morgan fingerprint density at radius 3 is 2.92 bits per heavy atom. The van der Waals surface area contributed by atoms with E-state index in [1.165, 1.54) is 16.8 Å². The van der Waals surface area contributed by atoms with Gasteiger partial charge in [0.05, 0.1) is 6.04 Å². The number of hydrogen-bond donors (Lipinski definition) is 1. The summed E-state index contributed by atoms with van der Waals surface area (Å²) in [5.74, 6) is 1.16. The van der Waals surface area contributed by atoms with Gasteiger partial charge in [-0.25, -0.2) is 4.98 Å². The van der Waals surface area contributed by atoms with Crippen molar-refractivity contribution in [3.05, 3.63) is 47.5 Å². The highest BCUT2D eigenvalue weighted by Gasteiger charge is 2.29. The lowest BCUT2D eigenvalue weighted by Gasteiger charge is -2.39. The van der Waals surface area contributed by atoms with Crippen molar-refractivity contribution in [2.45, 2.75) is 19.0 Å². The zero-order chi connectivity index (χ0) is 15.8. The summed E-state index contributed by atoms with van der Waals surface area (Å²) < 4.78 is 2.15. The smallest absolute Gasteiger partial charge is 0.127 e. The maximum absolute atomic E-state index is 4.57. The summed E-state index contributed by atoms with van der Waals surface area (Å²) in [6.07, 6.45) is 5.09. The van der Waals surface area contributed by atoms with E-state index in [0.29, 0.717) is 6.04 Å². The van der Waals surface area contributed by atoms with Gasteiger partial charge in [0, 0.05) is 57.9 Å². The molecule has 3 heterocycles. The van der Waals surface area contributed by atoms with E-state index in [2.05, 4.69) is 57.0 Å². The van der Waals surface area contributed by atoms with Crippen molar-refractivity contribution in [3.63, 3.8) is 0 Å². The zero-order valence-electron chi connectivity index (χ0n) is 14.4. The second kappa shape index (κ2) is 7.13. The number of benzene rings is 1. The number of halogens is 1. The Hall–Kier alpha value is -1.56. The van der Waals surface area contributed by atoms with Gasteiger partial charge in [-0.2, -0.15) is 0 Å². The van der Waals surface area contributed by atoms with Crippen LogP contribution in [0.1, 0.15) is 23.0 Å². The molecule has 0 spiro atoms. The fourth-order valence-electron chi connectivity index (χ4n) is 3.83. The number of anilines is 1. The number of nitrogens with zero attached hydrogens (tertiary/aromatic N) is 4. The molecule has 0 saturated carbocycles. The molecular weight excluding hydrogens is 322 g/mol. The first kappa shape index (κ1) is 17.3. The minimum absolute atomic E-state index is 0. The fourth-order valence-corrected chi connectivity index (χ4v) is 3.83. The standard InChI is InChI=1S/C18H25N5.ClH/c1-21-10-11-23(13-16(21)18-20-8-9-22(18)2)12-15-5-3-4-14-6-7-19-17(14)15;/h3-5,8-9,16,19H,6-7,10-13H2,1-2H3;1H. The summed E-state index contributed by atoms with van der Waals surface area (Å²) in [6.45, 7) is 5.32. The van der Waals surface area contributed by atoms with Crippen molar-refractivity contribution in [2.75, 3.05) is 38.5 Å². The molecule has 0 radical (unpaired) electrons. The second-order valence-electron chi connectivity index (χ2n) is 6.76. The molecule has 0 bridgehead atoms. The number of fused-ring (bicyclic) bond motifs is 1. The van der Waals surface area contributed by atoms with Crippen LogP contribution in [0, 0.1) is 0 Å². The first-order valence-corrected chi connectivity index (χ1v) is 8.47. The van der Waals surface area contributed by atoms with Gasteiger partial charge < -0.3 is 9.88 Å². The van der Waals surface area contributed by atoms with Crippen molar-refractivity contribution >= 4 is 18.1 Å². The SMILES string of the molecule is CN1CCN(Cc2cccc3c2NCC3)CC1c1nccn1C.Cl. The van der Waals surface area contributed by atoms with Gasteiger partial charge in [-0.1, -0.05) is 18.2 Å². The van der Waals surface area contributed by atoms with E-state index in [4.69, 9.17) is 0 Å². The molecule has 1 aromatic carbocycles. The molecule has 5 nitrogen and oxygen atoms in total. The number of para-hydroxylation sites is 1. The number of likely N-dealkylation sites (N-methyl/N-ethyl adjacent to an activating group) is 1. The molecule has 1 unspecified atom stereocenters. The van der Waals surface area contributed by atoms with Crippen molar-refractivity contribution < 1.29 is 0 Å². The third-order valence-corrected chi connectivity index (χ3v) is 5.22. The van der Waals surface area contributed by atoms with Crippen LogP contribution in [0.3, 0.4) is 0 Å². The largest absolute Gasteiger partial charge is 0.384 e. The topological polar surface area (TPSA) is 36.3 Å². The van der Waals surface area contributed by atoms with Crippen LogP contribution in [0.5, 0.6) is 0 Å². The molecule has 4 rings (SSSR count). The highest BCUT2D eigenvalue weighted by Crippen LogP contribution is 2.29. The van der Waals surface area contributed by atoms with Crippen LogP contribution in [0.4, 0.5) is 5.69 Å². The molecule has 0 aliphatic carbocycles. The number of rotatable bonds is 3. The van der Waals surface area contributed by atoms with E-state index >= 15 is 0 Å². The molecule has 2 aliphatic rings. The van der Waals surface area contributed by atoms with E-state index in [1.54, 1.807) is 0 Å². The molecule has 2 aliphatic heterocycles. The van der Waals surface area contributed by atoms with Gasteiger partial charge in [-0.3, -0.25) is 9.80 Å². The lowest BCUT2D eigenvalue weighted by Crippen LogP contribution is -2.47. The van der Waals surface area contributed by atoms with Gasteiger partial charge >= 0.3 is 0 Å². The monoisotopic (exact) mass is 347 g/mol. The molecule has 2 aromatic rings. The Labute approximate surface area is 150 Å². The Balaban J connectivity index is 0.00000169. The first-order chi connectivity index (χ1) is 11.2. The Morgan fingerprint density at radius 1 is 1.25 bits per heavy atom. The third kappa shape index (κ3) is 3.16. The number of nitrogens with one attached hydrogen (secondary N) is 1. The number of hydrogen-bond acceptors (Lipinski definition) is 4. The molecule has 6 heteroatoms. The average Bonchev–Trinajstić information content (AvgIpc) is 3.18. The number of aromatic nitrogens is 2. The van der Waals surface area contributed by atoms with E-state index in [0.717, 1.165) is 45.0 Å². The van der Waals surface area contributed by atoms with Crippen molar-refractivity contribution in [2.24, 2.45) is 7.05 Å². The van der Waals surface area contributed by atoms with Crippen LogP contribution < -0.4 is 5.32 Å². The molecule has 130 valence electrons. The fraction of sp³-hybridized carbons (Fsp3) is 0.500. The maximum atomic E-state index is 4.57. The van der Waals surface area contributed by atoms with Crippen LogP contribution in [-0.4, -0.2) is 52.6 Å². The lowest BCUT2D eigenvalue weighted by atomic mass is 10.1. The summed E-state index contributed by atoms with van der Waals surface area (Å²) in [4.78, 5) is 9.56. The highest BCUT2D eigenvalue weighted by molar-refractivity contribution is 5.85. The summed E-state index contributed by atoms with van der Waals surface area (Å²) >= 11 is 0. The number of piperazine rings is 1. The molecule has 1 aromatic heterocycles. The van der Waals surface area contributed by atoms with Crippen LogP contribution in [0.15, 0.2) is 30.6 Å². The maximum Gasteiger partial charge on any atom is 0.127 e. The van der Waals surface area contributed by atoms with Crippen LogP contribution >= 0.6 is 12.4 Å². The van der Waals surface area contributed by atoms with E-state index < -0.39 is 0 Å². The average molecular weight is 348 g/mol. The Morgan fingerprint density at radius 2 is 2.12 bits per heavy atom. The molecule has 1 N–H and O–H groups in total.